The van der Waals surface area contributed by atoms with Gasteiger partial charge in [0, 0.05) is 18.7 Å². The monoisotopic (exact) mass is 299 g/mol. The van der Waals surface area contributed by atoms with Crippen molar-refractivity contribution >= 4 is 27.5 Å². The number of anilines is 1. The maximum atomic E-state index is 4.70. The van der Waals surface area contributed by atoms with Gasteiger partial charge in [-0.15, -0.1) is 11.3 Å². The Balaban J connectivity index is 1.78. The van der Waals surface area contributed by atoms with Crippen LogP contribution in [0.4, 0.5) is 5.95 Å². The van der Waals surface area contributed by atoms with E-state index >= 15 is 0 Å². The van der Waals surface area contributed by atoms with E-state index in [4.69, 9.17) is 5.10 Å². The van der Waals surface area contributed by atoms with Gasteiger partial charge in [0.25, 0.3) is 0 Å². The van der Waals surface area contributed by atoms with Crippen molar-refractivity contribution in [3.63, 3.8) is 0 Å². The lowest BCUT2D eigenvalue weighted by Gasteiger charge is -2.07. The zero-order chi connectivity index (χ0) is 14.2. The van der Waals surface area contributed by atoms with Gasteiger partial charge in [-0.2, -0.15) is 10.1 Å². The third-order valence-corrected chi connectivity index (χ3v) is 4.47. The van der Waals surface area contributed by atoms with Crippen LogP contribution in [-0.4, -0.2) is 26.3 Å². The van der Waals surface area contributed by atoms with Gasteiger partial charge < -0.3 is 5.32 Å². The van der Waals surface area contributed by atoms with Crippen molar-refractivity contribution in [1.82, 2.24) is 19.7 Å². The molecule has 3 heterocycles. The van der Waals surface area contributed by atoms with Crippen LogP contribution in [0.2, 0.25) is 0 Å². The minimum Gasteiger partial charge on any atom is -0.354 e. The Morgan fingerprint density at radius 1 is 1.33 bits per heavy atom. The zero-order valence-corrected chi connectivity index (χ0v) is 12.7. The van der Waals surface area contributed by atoms with E-state index in [-0.39, 0.29) is 0 Å². The van der Waals surface area contributed by atoms with E-state index in [9.17, 15) is 0 Å². The second-order valence-corrected chi connectivity index (χ2v) is 6.29. The Kier molecular flexibility index (Phi) is 3.11. The average molecular weight is 299 g/mol. The first-order valence-corrected chi connectivity index (χ1v) is 8.28. The van der Waals surface area contributed by atoms with E-state index in [2.05, 4.69) is 39.7 Å². The molecule has 6 heteroatoms. The molecule has 0 radical (unpaired) electrons. The van der Waals surface area contributed by atoms with Crippen molar-refractivity contribution in [3.8, 4) is 5.82 Å². The molecule has 4 rings (SSSR count). The number of aromatic nitrogens is 4. The van der Waals surface area contributed by atoms with Gasteiger partial charge in [0.2, 0.25) is 5.95 Å². The van der Waals surface area contributed by atoms with Gasteiger partial charge >= 0.3 is 0 Å². The Bertz CT molecular complexity index is 771. The van der Waals surface area contributed by atoms with Crippen molar-refractivity contribution < 1.29 is 0 Å². The molecule has 0 atom stereocenters. The summed E-state index contributed by atoms with van der Waals surface area (Å²) >= 11 is 1.64. The Morgan fingerprint density at radius 2 is 2.24 bits per heavy atom. The van der Waals surface area contributed by atoms with Crippen molar-refractivity contribution in [2.45, 2.75) is 32.1 Å². The summed E-state index contributed by atoms with van der Waals surface area (Å²) in [4.78, 5) is 10.2. The summed E-state index contributed by atoms with van der Waals surface area (Å²) in [6.45, 7) is 3.01. The Hall–Kier alpha value is -1.95. The molecule has 1 saturated carbocycles. The number of fused-ring (bicyclic) bond motifs is 1. The number of thiophene rings is 1. The first-order chi connectivity index (χ1) is 10.3. The SMILES string of the molecule is CCCNc1nc(-n2ccc(C3CC3)n2)c2ccsc2n1. The number of rotatable bonds is 5. The van der Waals surface area contributed by atoms with Gasteiger partial charge in [-0.25, -0.2) is 9.67 Å². The predicted octanol–water partition coefficient (Wildman–Crippen LogP) is 3.58. The fourth-order valence-electron chi connectivity index (χ4n) is 2.38. The highest BCUT2D eigenvalue weighted by atomic mass is 32.1. The second-order valence-electron chi connectivity index (χ2n) is 5.40. The number of hydrogen-bond donors (Lipinski definition) is 1. The molecule has 3 aromatic rings. The molecule has 3 aromatic heterocycles. The molecule has 0 bridgehead atoms. The molecule has 0 spiro atoms. The maximum absolute atomic E-state index is 4.70. The predicted molar refractivity (Wildman–Crippen MR) is 85.3 cm³/mol. The maximum Gasteiger partial charge on any atom is 0.226 e. The van der Waals surface area contributed by atoms with Gasteiger partial charge in [-0.05, 0) is 36.8 Å². The fraction of sp³-hybridized carbons (Fsp3) is 0.400. The molecular weight excluding hydrogens is 282 g/mol. The normalized spacial score (nSPS) is 14.7. The molecule has 1 N–H and O–H groups in total. The van der Waals surface area contributed by atoms with Crippen LogP contribution in [0.5, 0.6) is 0 Å². The lowest BCUT2D eigenvalue weighted by atomic mass is 10.3. The van der Waals surface area contributed by atoms with E-state index in [0.29, 0.717) is 11.9 Å². The summed E-state index contributed by atoms with van der Waals surface area (Å²) in [7, 11) is 0. The molecule has 1 aliphatic carbocycles. The lowest BCUT2D eigenvalue weighted by molar-refractivity contribution is 0.816. The highest BCUT2D eigenvalue weighted by Crippen LogP contribution is 2.39. The molecule has 1 aliphatic rings. The average Bonchev–Trinajstić information content (AvgIpc) is 3.05. The van der Waals surface area contributed by atoms with Crippen LogP contribution < -0.4 is 5.32 Å². The fourth-order valence-corrected chi connectivity index (χ4v) is 3.14. The van der Waals surface area contributed by atoms with E-state index in [1.807, 2.05) is 10.9 Å². The van der Waals surface area contributed by atoms with Gasteiger partial charge in [-0.1, -0.05) is 6.92 Å². The van der Waals surface area contributed by atoms with Crippen LogP contribution in [0, 0.1) is 0 Å². The summed E-state index contributed by atoms with van der Waals surface area (Å²) < 4.78 is 1.89. The minimum absolute atomic E-state index is 0.656. The van der Waals surface area contributed by atoms with Crippen LogP contribution in [-0.2, 0) is 0 Å². The third-order valence-electron chi connectivity index (χ3n) is 3.66. The molecule has 1 fully saturated rings. The van der Waals surface area contributed by atoms with E-state index in [1.165, 1.54) is 18.5 Å². The van der Waals surface area contributed by atoms with Crippen molar-refractivity contribution in [2.24, 2.45) is 0 Å². The van der Waals surface area contributed by atoms with Crippen molar-refractivity contribution in [3.05, 3.63) is 29.4 Å². The van der Waals surface area contributed by atoms with Crippen LogP contribution in [0.1, 0.15) is 37.8 Å². The first kappa shape index (κ1) is 12.8. The van der Waals surface area contributed by atoms with Gasteiger partial charge in [0.15, 0.2) is 5.82 Å². The smallest absolute Gasteiger partial charge is 0.226 e. The third kappa shape index (κ3) is 2.40. The van der Waals surface area contributed by atoms with E-state index in [0.717, 1.165) is 29.0 Å². The van der Waals surface area contributed by atoms with Crippen molar-refractivity contribution in [2.75, 3.05) is 11.9 Å². The summed E-state index contributed by atoms with van der Waals surface area (Å²) in [5.74, 6) is 2.21. The number of nitrogens with one attached hydrogen (secondary N) is 1. The zero-order valence-electron chi connectivity index (χ0n) is 11.9. The molecule has 5 nitrogen and oxygen atoms in total. The summed E-state index contributed by atoms with van der Waals surface area (Å²) in [5, 5.41) is 11.1. The van der Waals surface area contributed by atoms with Gasteiger partial charge in [0.05, 0.1) is 11.1 Å². The van der Waals surface area contributed by atoms with Crippen LogP contribution in [0.15, 0.2) is 23.7 Å². The summed E-state index contributed by atoms with van der Waals surface area (Å²) in [6.07, 6.45) is 5.58. The number of hydrogen-bond acceptors (Lipinski definition) is 5. The second kappa shape index (κ2) is 5.11. The largest absolute Gasteiger partial charge is 0.354 e. The van der Waals surface area contributed by atoms with E-state index in [1.54, 1.807) is 11.3 Å². The molecule has 21 heavy (non-hydrogen) atoms. The Labute approximate surface area is 127 Å². The quantitative estimate of drug-likeness (QED) is 0.782. The standard InChI is InChI=1S/C15H17N5S/c1-2-7-16-15-17-13(11-6-9-21-14(11)18-15)20-8-5-12(19-20)10-3-4-10/h5-6,8-10H,2-4,7H2,1H3,(H,16,17,18). The van der Waals surface area contributed by atoms with Crippen LogP contribution >= 0.6 is 11.3 Å². The molecule has 0 aromatic carbocycles. The number of nitrogens with zero attached hydrogens (tertiary/aromatic N) is 4. The topological polar surface area (TPSA) is 55.6 Å². The highest BCUT2D eigenvalue weighted by molar-refractivity contribution is 7.16. The van der Waals surface area contributed by atoms with Crippen molar-refractivity contribution in [1.29, 1.82) is 0 Å². The molecular formula is C15H17N5S. The van der Waals surface area contributed by atoms with Crippen LogP contribution in [0.25, 0.3) is 16.0 Å². The van der Waals surface area contributed by atoms with Gasteiger partial charge in [0.1, 0.15) is 4.83 Å². The summed E-state index contributed by atoms with van der Waals surface area (Å²) in [6, 6.07) is 4.18. The Morgan fingerprint density at radius 3 is 3.05 bits per heavy atom. The van der Waals surface area contributed by atoms with Crippen LogP contribution in [0.3, 0.4) is 0 Å². The van der Waals surface area contributed by atoms with Gasteiger partial charge in [-0.3, -0.25) is 0 Å². The molecule has 0 unspecified atom stereocenters. The lowest BCUT2D eigenvalue weighted by Crippen LogP contribution is -2.08. The highest BCUT2D eigenvalue weighted by Gasteiger charge is 2.26. The minimum atomic E-state index is 0.656. The molecule has 0 aliphatic heterocycles. The first-order valence-electron chi connectivity index (χ1n) is 7.40. The molecule has 0 saturated heterocycles. The van der Waals surface area contributed by atoms with E-state index < -0.39 is 0 Å². The summed E-state index contributed by atoms with van der Waals surface area (Å²) in [5.41, 5.74) is 1.18. The molecule has 0 amide bonds. The molecule has 108 valence electrons.